The molecule has 0 aliphatic heterocycles. The van der Waals surface area contributed by atoms with Gasteiger partial charge in [0.1, 0.15) is 42.3 Å². The Hall–Kier alpha value is -5.39. The van der Waals surface area contributed by atoms with Gasteiger partial charge in [-0.3, -0.25) is 38.4 Å². The fraction of sp³-hybridized carbons (Fsp3) is 0.585. The second-order valence-electron chi connectivity index (χ2n) is 16.0. The highest BCUT2D eigenvalue weighted by molar-refractivity contribution is 7.98. The van der Waals surface area contributed by atoms with E-state index in [4.69, 9.17) is 11.5 Å². The quantitative estimate of drug-likeness (QED) is 0.0401. The Kier molecular flexibility index (Phi) is 23.7. The SMILES string of the molecule is CSCC[C@H](NC(=O)CN)C(=O)N[C@@H](Cc1c[nH]c2ccccc12)C(=O)N[C@@H](CCC(N)=O)C(=O)N[C@@H](CS)C(=O)N[C@@H](CC(C)C)C(=O)N[C@@H](CC(C)C)C(=O)N[C@@H](CO)C(=O)O. The van der Waals surface area contributed by atoms with Gasteiger partial charge in [0.05, 0.1) is 13.2 Å². The van der Waals surface area contributed by atoms with Gasteiger partial charge in [-0.15, -0.1) is 0 Å². The van der Waals surface area contributed by atoms with E-state index in [-0.39, 0.29) is 62.7 Å². The highest BCUT2D eigenvalue weighted by atomic mass is 32.2. The third-order valence-corrected chi connectivity index (χ3v) is 10.8. The standard InChI is InChI=1S/C41H64N10O11S2/c1-21(2)14-28(37(57)47-29(15-22(3)4)38(58)50-31(19-52)41(61)62)48-40(60)32(20-63)51-35(55)26(10-11-33(43)53)46-39(59)30(16-23-18-44-25-9-7-6-8-24(23)25)49-36(56)27(12-13-64-5)45-34(54)17-42/h6-9,18,21-22,26-32,44,52,63H,10-17,19-20,42H2,1-5H3,(H2,43,53)(H,45,54)(H,46,59)(H,47,57)(H,48,60)(H,49,56)(H,50,58)(H,51,55)(H,61,62)/t26-,27-,28-,29-,30-,31-,32-/m0/s1. The number of aromatic nitrogens is 1. The number of carbonyl (C=O) groups excluding carboxylic acids is 8. The Morgan fingerprint density at radius 3 is 1.66 bits per heavy atom. The molecule has 1 aromatic heterocycles. The van der Waals surface area contributed by atoms with Crippen molar-refractivity contribution in [2.75, 3.05) is 30.9 Å². The highest BCUT2D eigenvalue weighted by Gasteiger charge is 2.34. The molecule has 0 saturated carbocycles. The number of carboxylic acid groups (broad SMARTS) is 1. The Labute approximate surface area is 381 Å². The van der Waals surface area contributed by atoms with Crippen molar-refractivity contribution in [1.29, 1.82) is 0 Å². The molecule has 8 amide bonds. The number of carbonyl (C=O) groups is 9. The number of aromatic amines is 1. The van der Waals surface area contributed by atoms with Crippen LogP contribution in [0.3, 0.4) is 0 Å². The Bertz CT molecular complexity index is 1930. The number of primary amides is 1. The molecule has 14 N–H and O–H groups in total. The van der Waals surface area contributed by atoms with Crippen molar-refractivity contribution < 1.29 is 53.4 Å². The van der Waals surface area contributed by atoms with Crippen LogP contribution in [0.4, 0.5) is 0 Å². The van der Waals surface area contributed by atoms with Crippen molar-refractivity contribution in [3.8, 4) is 0 Å². The lowest BCUT2D eigenvalue weighted by Gasteiger charge is -2.28. The van der Waals surface area contributed by atoms with Crippen LogP contribution >= 0.6 is 24.4 Å². The molecule has 356 valence electrons. The number of carboxylic acids is 1. The average Bonchev–Trinajstić information content (AvgIpc) is 3.65. The maximum atomic E-state index is 14.2. The molecule has 1 aromatic carbocycles. The van der Waals surface area contributed by atoms with Gasteiger partial charge in [-0.25, -0.2) is 4.79 Å². The zero-order valence-electron chi connectivity index (χ0n) is 36.7. The van der Waals surface area contributed by atoms with Gasteiger partial charge < -0.3 is 63.9 Å². The molecule has 1 heterocycles. The minimum atomic E-state index is -1.62. The molecule has 64 heavy (non-hydrogen) atoms. The summed E-state index contributed by atoms with van der Waals surface area (Å²) in [7, 11) is 0. The van der Waals surface area contributed by atoms with Crippen LogP contribution in [0.15, 0.2) is 30.5 Å². The molecule has 0 saturated heterocycles. The van der Waals surface area contributed by atoms with Gasteiger partial charge >= 0.3 is 5.97 Å². The first-order valence-corrected chi connectivity index (χ1v) is 22.9. The van der Waals surface area contributed by atoms with Crippen LogP contribution in [0.2, 0.25) is 0 Å². The molecular formula is C41H64N10O11S2. The number of aliphatic hydroxyl groups is 1. The fourth-order valence-electron chi connectivity index (χ4n) is 6.46. The Morgan fingerprint density at radius 1 is 0.688 bits per heavy atom. The predicted octanol–water partition coefficient (Wildman–Crippen LogP) is -1.82. The van der Waals surface area contributed by atoms with Gasteiger partial charge in [0.15, 0.2) is 0 Å². The van der Waals surface area contributed by atoms with E-state index in [0.717, 1.165) is 10.9 Å². The third kappa shape index (κ3) is 18.4. The number of nitrogens with one attached hydrogen (secondary N) is 8. The van der Waals surface area contributed by atoms with Gasteiger partial charge in [-0.1, -0.05) is 45.9 Å². The minimum absolute atomic E-state index is 0.0735. The molecule has 7 atom stereocenters. The average molecular weight is 937 g/mol. The lowest BCUT2D eigenvalue weighted by Crippen LogP contribution is -2.60. The van der Waals surface area contributed by atoms with Crippen LogP contribution in [0.1, 0.15) is 65.4 Å². The maximum absolute atomic E-state index is 14.2. The van der Waals surface area contributed by atoms with Crippen LogP contribution in [0.25, 0.3) is 10.9 Å². The summed E-state index contributed by atoms with van der Waals surface area (Å²) in [5.41, 5.74) is 12.3. The number of aliphatic carboxylic acids is 1. The molecular weight excluding hydrogens is 873 g/mol. The predicted molar refractivity (Wildman–Crippen MR) is 243 cm³/mol. The van der Waals surface area contributed by atoms with Crippen LogP contribution in [0.5, 0.6) is 0 Å². The van der Waals surface area contributed by atoms with E-state index in [1.165, 1.54) is 11.8 Å². The van der Waals surface area contributed by atoms with Gasteiger partial charge in [0, 0.05) is 35.7 Å². The van der Waals surface area contributed by atoms with E-state index in [1.807, 2.05) is 24.5 Å². The molecule has 0 fully saturated rings. The number of thiol groups is 1. The zero-order chi connectivity index (χ0) is 48.1. The number of thioether (sulfide) groups is 1. The second-order valence-corrected chi connectivity index (χ2v) is 17.4. The summed E-state index contributed by atoms with van der Waals surface area (Å²) in [6.45, 7) is 5.83. The number of H-pyrrole nitrogens is 1. The van der Waals surface area contributed by atoms with Crippen molar-refractivity contribution >= 4 is 88.5 Å². The largest absolute Gasteiger partial charge is 0.480 e. The zero-order valence-corrected chi connectivity index (χ0v) is 38.4. The van der Waals surface area contributed by atoms with E-state index in [1.54, 1.807) is 40.0 Å². The molecule has 0 unspecified atom stereocenters. The van der Waals surface area contributed by atoms with Gasteiger partial charge in [0.2, 0.25) is 47.3 Å². The summed E-state index contributed by atoms with van der Waals surface area (Å²) in [5.74, 6) is -7.97. The molecule has 0 aliphatic carbocycles. The number of para-hydroxylation sites is 1. The molecule has 0 bridgehead atoms. The lowest BCUT2D eigenvalue weighted by atomic mass is 9.99. The number of aliphatic hydroxyl groups excluding tert-OH is 1. The van der Waals surface area contributed by atoms with Crippen molar-refractivity contribution in [2.45, 2.75) is 109 Å². The monoisotopic (exact) mass is 936 g/mol. The third-order valence-electron chi connectivity index (χ3n) is 9.78. The number of hydrogen-bond acceptors (Lipinski definition) is 13. The maximum Gasteiger partial charge on any atom is 0.328 e. The first kappa shape index (κ1) is 54.7. The summed E-state index contributed by atoms with van der Waals surface area (Å²) in [6.07, 6.45) is 3.10. The number of rotatable bonds is 29. The number of fused-ring (bicyclic) bond motifs is 1. The second kappa shape index (κ2) is 27.7. The Balaban J connectivity index is 2.40. The smallest absolute Gasteiger partial charge is 0.328 e. The van der Waals surface area contributed by atoms with E-state index in [0.29, 0.717) is 11.3 Å². The van der Waals surface area contributed by atoms with Crippen LogP contribution < -0.4 is 48.7 Å². The van der Waals surface area contributed by atoms with Crippen LogP contribution in [0, 0.1) is 11.8 Å². The molecule has 2 rings (SSSR count). The number of benzene rings is 1. The van der Waals surface area contributed by atoms with E-state index < -0.39 is 102 Å². The summed E-state index contributed by atoms with van der Waals surface area (Å²) >= 11 is 5.68. The van der Waals surface area contributed by atoms with E-state index in [9.17, 15) is 53.4 Å². The van der Waals surface area contributed by atoms with Crippen molar-refractivity contribution in [3.05, 3.63) is 36.0 Å². The normalized spacial score (nSPS) is 14.5. The van der Waals surface area contributed by atoms with E-state index >= 15 is 0 Å². The molecule has 2 aromatic rings. The number of amides is 8. The van der Waals surface area contributed by atoms with Gasteiger partial charge in [0.25, 0.3) is 0 Å². The molecule has 21 nitrogen and oxygen atoms in total. The van der Waals surface area contributed by atoms with Crippen molar-refractivity contribution in [3.63, 3.8) is 0 Å². The van der Waals surface area contributed by atoms with Crippen LogP contribution in [-0.4, -0.2) is 142 Å². The molecule has 23 heteroatoms. The summed E-state index contributed by atoms with van der Waals surface area (Å²) < 4.78 is 0. The van der Waals surface area contributed by atoms with Crippen molar-refractivity contribution in [2.24, 2.45) is 23.3 Å². The van der Waals surface area contributed by atoms with Gasteiger partial charge in [-0.2, -0.15) is 24.4 Å². The number of nitrogens with two attached hydrogens (primary N) is 2. The highest BCUT2D eigenvalue weighted by Crippen LogP contribution is 2.20. The summed E-state index contributed by atoms with van der Waals surface area (Å²) in [6, 6.07) is -2.14. The molecule has 0 aliphatic rings. The summed E-state index contributed by atoms with van der Waals surface area (Å²) in [5, 5.41) is 37.2. The fourth-order valence-corrected chi connectivity index (χ4v) is 7.19. The topological polar surface area (TPSA) is 346 Å². The number of hydrogen-bond donors (Lipinski definition) is 13. The van der Waals surface area contributed by atoms with Gasteiger partial charge in [-0.05, 0) is 61.2 Å². The first-order chi connectivity index (χ1) is 30.2. The molecule has 0 spiro atoms. The van der Waals surface area contributed by atoms with Crippen LogP contribution in [-0.2, 0) is 49.6 Å². The minimum Gasteiger partial charge on any atom is -0.480 e. The first-order valence-electron chi connectivity index (χ1n) is 20.8. The van der Waals surface area contributed by atoms with E-state index in [2.05, 4.69) is 54.8 Å². The summed E-state index contributed by atoms with van der Waals surface area (Å²) in [4.78, 5) is 121. The molecule has 0 radical (unpaired) electrons. The van der Waals surface area contributed by atoms with Crippen molar-refractivity contribution in [1.82, 2.24) is 42.2 Å². The lowest BCUT2D eigenvalue weighted by molar-refractivity contribution is -0.143. The Morgan fingerprint density at radius 2 is 1.16 bits per heavy atom.